The third kappa shape index (κ3) is 3.31. The van der Waals surface area contributed by atoms with Gasteiger partial charge in [-0.25, -0.2) is 0 Å². The molecule has 0 aliphatic heterocycles. The first-order valence-electron chi connectivity index (χ1n) is 5.36. The lowest BCUT2D eigenvalue weighted by atomic mass is 10.2. The second-order valence-corrected chi connectivity index (χ2v) is 3.57. The minimum Gasteiger partial charge on any atom is -0.189 e. The third-order valence-electron chi connectivity index (χ3n) is 2.29. The fourth-order valence-electron chi connectivity index (χ4n) is 1.43. The highest BCUT2D eigenvalue weighted by Gasteiger charge is 1.89. The Kier molecular flexibility index (Phi) is 3.83. The van der Waals surface area contributed by atoms with Crippen molar-refractivity contribution in [2.24, 2.45) is 10.2 Å². The summed E-state index contributed by atoms with van der Waals surface area (Å²) in [5, 5.41) is 8.32. The molecule has 0 radical (unpaired) electrons. The van der Waals surface area contributed by atoms with Gasteiger partial charge in [0.1, 0.15) is 0 Å². The van der Waals surface area contributed by atoms with E-state index in [1.165, 1.54) is 11.1 Å². The Morgan fingerprint density at radius 1 is 0.562 bits per heavy atom. The summed E-state index contributed by atoms with van der Waals surface area (Å²) in [5.74, 6) is 0. The Bertz CT molecular complexity index is 391. The predicted molar refractivity (Wildman–Crippen MR) is 65.1 cm³/mol. The van der Waals surface area contributed by atoms with E-state index < -0.39 is 0 Å². The van der Waals surface area contributed by atoms with Gasteiger partial charge in [0.2, 0.25) is 0 Å². The van der Waals surface area contributed by atoms with Crippen LogP contribution in [0.3, 0.4) is 0 Å². The summed E-state index contributed by atoms with van der Waals surface area (Å²) in [4.78, 5) is 0. The minimum absolute atomic E-state index is 0.660. The molecule has 2 aromatic rings. The number of azo groups is 1. The SMILES string of the molecule is c1ccc(C/N=N\Cc2ccccc2)cc1. The lowest BCUT2D eigenvalue weighted by Crippen LogP contribution is -1.81. The Balaban J connectivity index is 1.83. The summed E-state index contributed by atoms with van der Waals surface area (Å²) in [7, 11) is 0. The quantitative estimate of drug-likeness (QED) is 0.685. The smallest absolute Gasteiger partial charge is 0.0849 e. The van der Waals surface area contributed by atoms with E-state index in [-0.39, 0.29) is 0 Å². The van der Waals surface area contributed by atoms with Gasteiger partial charge in [0.05, 0.1) is 13.1 Å². The van der Waals surface area contributed by atoms with Gasteiger partial charge in [0.15, 0.2) is 0 Å². The number of rotatable bonds is 4. The first-order chi connectivity index (χ1) is 7.95. The second-order valence-electron chi connectivity index (χ2n) is 3.57. The largest absolute Gasteiger partial charge is 0.189 e. The zero-order valence-electron chi connectivity index (χ0n) is 9.08. The molecule has 0 saturated carbocycles. The topological polar surface area (TPSA) is 24.7 Å². The van der Waals surface area contributed by atoms with E-state index in [1.54, 1.807) is 0 Å². The fraction of sp³-hybridized carbons (Fsp3) is 0.143. The molecule has 0 aliphatic rings. The molecule has 0 saturated heterocycles. The maximum absolute atomic E-state index is 4.16. The molecule has 0 N–H and O–H groups in total. The average molecular weight is 210 g/mol. The highest BCUT2D eigenvalue weighted by Crippen LogP contribution is 2.03. The molecular weight excluding hydrogens is 196 g/mol. The van der Waals surface area contributed by atoms with Crippen LogP contribution in [-0.4, -0.2) is 0 Å². The van der Waals surface area contributed by atoms with Crippen LogP contribution in [0, 0.1) is 0 Å². The first-order valence-corrected chi connectivity index (χ1v) is 5.36. The van der Waals surface area contributed by atoms with Crippen LogP contribution in [0.15, 0.2) is 70.9 Å². The minimum atomic E-state index is 0.660. The standard InChI is InChI=1S/C14H14N2/c1-3-7-13(8-4-1)11-15-16-12-14-9-5-2-6-10-14/h1-10H,11-12H2/b16-15-. The highest BCUT2D eigenvalue weighted by atomic mass is 15.1. The molecule has 2 rings (SSSR count). The molecule has 2 aromatic carbocycles. The van der Waals surface area contributed by atoms with Crippen molar-refractivity contribution in [2.45, 2.75) is 13.1 Å². The predicted octanol–water partition coefficient (Wildman–Crippen LogP) is 3.84. The monoisotopic (exact) mass is 210 g/mol. The maximum Gasteiger partial charge on any atom is 0.0849 e. The van der Waals surface area contributed by atoms with Gasteiger partial charge in [-0.15, -0.1) is 0 Å². The van der Waals surface area contributed by atoms with Gasteiger partial charge in [-0.2, -0.15) is 10.2 Å². The van der Waals surface area contributed by atoms with E-state index in [9.17, 15) is 0 Å². The van der Waals surface area contributed by atoms with E-state index in [4.69, 9.17) is 0 Å². The molecule has 0 unspecified atom stereocenters. The molecule has 0 amide bonds. The zero-order chi connectivity index (χ0) is 11.1. The van der Waals surface area contributed by atoms with Gasteiger partial charge in [0.25, 0.3) is 0 Å². The molecule has 0 spiro atoms. The molecule has 0 aromatic heterocycles. The normalized spacial score (nSPS) is 10.8. The van der Waals surface area contributed by atoms with Crippen LogP contribution in [0.1, 0.15) is 11.1 Å². The summed E-state index contributed by atoms with van der Waals surface area (Å²) >= 11 is 0. The van der Waals surface area contributed by atoms with Gasteiger partial charge < -0.3 is 0 Å². The van der Waals surface area contributed by atoms with Crippen molar-refractivity contribution < 1.29 is 0 Å². The molecule has 0 heterocycles. The summed E-state index contributed by atoms with van der Waals surface area (Å²) < 4.78 is 0. The van der Waals surface area contributed by atoms with Crippen LogP contribution < -0.4 is 0 Å². The van der Waals surface area contributed by atoms with Crippen molar-refractivity contribution >= 4 is 0 Å². The number of hydrogen-bond donors (Lipinski definition) is 0. The third-order valence-corrected chi connectivity index (χ3v) is 2.29. The van der Waals surface area contributed by atoms with Crippen LogP contribution in [0.4, 0.5) is 0 Å². The van der Waals surface area contributed by atoms with Gasteiger partial charge >= 0.3 is 0 Å². The Hall–Kier alpha value is -1.96. The molecule has 16 heavy (non-hydrogen) atoms. The van der Waals surface area contributed by atoms with E-state index in [2.05, 4.69) is 34.5 Å². The molecule has 2 nitrogen and oxygen atoms in total. The molecule has 0 fully saturated rings. The van der Waals surface area contributed by atoms with Gasteiger partial charge in [-0.1, -0.05) is 60.7 Å². The summed E-state index contributed by atoms with van der Waals surface area (Å²) in [6.45, 7) is 1.32. The molecular formula is C14H14N2. The van der Waals surface area contributed by atoms with Crippen LogP contribution in [-0.2, 0) is 13.1 Å². The highest BCUT2D eigenvalue weighted by molar-refractivity contribution is 5.15. The van der Waals surface area contributed by atoms with Crippen LogP contribution in [0.25, 0.3) is 0 Å². The molecule has 0 atom stereocenters. The van der Waals surface area contributed by atoms with Gasteiger partial charge in [-0.05, 0) is 11.1 Å². The van der Waals surface area contributed by atoms with Crippen molar-refractivity contribution in [3.63, 3.8) is 0 Å². The van der Waals surface area contributed by atoms with Crippen LogP contribution in [0.5, 0.6) is 0 Å². The summed E-state index contributed by atoms with van der Waals surface area (Å²) in [5.41, 5.74) is 2.39. The summed E-state index contributed by atoms with van der Waals surface area (Å²) in [6.07, 6.45) is 0. The molecule has 2 heteroatoms. The second kappa shape index (κ2) is 5.81. The van der Waals surface area contributed by atoms with E-state index in [1.807, 2.05) is 36.4 Å². The maximum atomic E-state index is 4.16. The number of hydrogen-bond acceptors (Lipinski definition) is 2. The Labute approximate surface area is 95.7 Å². The van der Waals surface area contributed by atoms with Gasteiger partial charge in [0, 0.05) is 0 Å². The van der Waals surface area contributed by atoms with Crippen molar-refractivity contribution in [1.82, 2.24) is 0 Å². The number of benzene rings is 2. The average Bonchev–Trinajstić information content (AvgIpc) is 2.37. The zero-order valence-corrected chi connectivity index (χ0v) is 9.08. The number of nitrogens with zero attached hydrogens (tertiary/aromatic N) is 2. The van der Waals surface area contributed by atoms with E-state index in [0.717, 1.165) is 0 Å². The first kappa shape index (κ1) is 10.6. The van der Waals surface area contributed by atoms with Crippen molar-refractivity contribution in [2.75, 3.05) is 0 Å². The van der Waals surface area contributed by atoms with E-state index in [0.29, 0.717) is 13.1 Å². The van der Waals surface area contributed by atoms with E-state index >= 15 is 0 Å². The van der Waals surface area contributed by atoms with Crippen LogP contribution >= 0.6 is 0 Å². The van der Waals surface area contributed by atoms with Gasteiger partial charge in [-0.3, -0.25) is 0 Å². The van der Waals surface area contributed by atoms with Crippen LogP contribution in [0.2, 0.25) is 0 Å². The molecule has 0 aliphatic carbocycles. The lowest BCUT2D eigenvalue weighted by Gasteiger charge is -1.95. The lowest BCUT2D eigenvalue weighted by molar-refractivity contribution is 0.851. The van der Waals surface area contributed by atoms with Crippen molar-refractivity contribution in [1.29, 1.82) is 0 Å². The van der Waals surface area contributed by atoms with Crippen molar-refractivity contribution in [3.8, 4) is 0 Å². The molecule has 0 bridgehead atoms. The Morgan fingerprint density at radius 2 is 0.938 bits per heavy atom. The molecule has 80 valence electrons. The van der Waals surface area contributed by atoms with Crippen molar-refractivity contribution in [3.05, 3.63) is 71.8 Å². The fourth-order valence-corrected chi connectivity index (χ4v) is 1.43. The Morgan fingerprint density at radius 3 is 1.31 bits per heavy atom. The summed E-state index contributed by atoms with van der Waals surface area (Å²) in [6, 6.07) is 20.3.